The van der Waals surface area contributed by atoms with Crippen molar-refractivity contribution in [3.8, 4) is 40.1 Å². The van der Waals surface area contributed by atoms with Crippen LogP contribution in [0.25, 0.3) is 28.4 Å². The van der Waals surface area contributed by atoms with Crippen molar-refractivity contribution < 1.29 is 109 Å². The van der Waals surface area contributed by atoms with E-state index in [1.54, 1.807) is 0 Å². The largest absolute Gasteiger partial charge is 0.507 e. The first-order valence-electron chi connectivity index (χ1n) is 20.3. The van der Waals surface area contributed by atoms with Gasteiger partial charge in [0.25, 0.3) is 0 Å². The zero-order chi connectivity index (χ0) is 47.7. The van der Waals surface area contributed by atoms with Gasteiger partial charge in [-0.05, 0) is 48.0 Å². The maximum Gasteiger partial charge on any atom is 0.330 e. The summed E-state index contributed by atoms with van der Waals surface area (Å²) in [6.45, 7) is -2.31. The van der Waals surface area contributed by atoms with E-state index in [-0.39, 0.29) is 34.2 Å². The molecule has 3 fully saturated rings. The van der Waals surface area contributed by atoms with Gasteiger partial charge >= 0.3 is 5.97 Å². The van der Waals surface area contributed by atoms with Crippen LogP contribution >= 0.6 is 0 Å². The number of hydrogen-bond acceptors (Lipinski definition) is 23. The molecular formula is C43H48O23. The SMILES string of the molecule is COc1cc(C=CC(=O)OC[C@H]2O[C@@H](O[C@@H]3[C@@H](O)[C@H](O)[C@@H](CO)O[C@H]3c3c(O)cc4oc(-c5ccc(O[C@@H]6O[C@H](CO)[C@@H](O)[C@H](O)[C@H]6O)cc5)cc(=O)c4c3O)[C@H](O)[C@@H](O)[C@@H]2O)ccc1O. The Morgan fingerprint density at radius 3 is 1.98 bits per heavy atom. The topological polar surface area (TPSA) is 375 Å². The Morgan fingerprint density at radius 1 is 0.697 bits per heavy atom. The van der Waals surface area contributed by atoms with Gasteiger partial charge in [-0.15, -0.1) is 0 Å². The lowest BCUT2D eigenvalue weighted by Crippen LogP contribution is -2.63. The van der Waals surface area contributed by atoms with E-state index >= 15 is 0 Å². The number of aliphatic hydroxyl groups is 10. The summed E-state index contributed by atoms with van der Waals surface area (Å²) >= 11 is 0. The minimum Gasteiger partial charge on any atom is -0.507 e. The van der Waals surface area contributed by atoms with Gasteiger partial charge in [0.1, 0.15) is 120 Å². The van der Waals surface area contributed by atoms with Gasteiger partial charge in [-0.1, -0.05) is 6.07 Å². The number of fused-ring (bicyclic) bond motifs is 1. The van der Waals surface area contributed by atoms with Gasteiger partial charge in [0.2, 0.25) is 6.29 Å². The van der Waals surface area contributed by atoms with Crippen LogP contribution in [0.5, 0.6) is 28.7 Å². The van der Waals surface area contributed by atoms with E-state index in [1.165, 1.54) is 55.7 Å². The van der Waals surface area contributed by atoms with Gasteiger partial charge in [-0.2, -0.15) is 0 Å². The molecule has 23 nitrogen and oxygen atoms in total. The Balaban J connectivity index is 1.11. The number of methoxy groups -OCH3 is 1. The molecule has 3 saturated heterocycles. The molecule has 0 aliphatic carbocycles. The summed E-state index contributed by atoms with van der Waals surface area (Å²) in [5, 5.41) is 137. The number of aromatic hydroxyl groups is 3. The van der Waals surface area contributed by atoms with Crippen molar-refractivity contribution >= 4 is 23.0 Å². The smallest absolute Gasteiger partial charge is 0.330 e. The van der Waals surface area contributed by atoms with E-state index in [0.717, 1.165) is 18.2 Å². The fourth-order valence-corrected chi connectivity index (χ4v) is 7.69. The van der Waals surface area contributed by atoms with Crippen molar-refractivity contribution in [1.82, 2.24) is 0 Å². The van der Waals surface area contributed by atoms with Crippen molar-refractivity contribution in [2.24, 2.45) is 0 Å². The molecular weight excluding hydrogens is 884 g/mol. The number of phenolic OH excluding ortho intramolecular Hbond substituents is 3. The molecule has 13 N–H and O–H groups in total. The molecule has 0 amide bonds. The van der Waals surface area contributed by atoms with Crippen molar-refractivity contribution in [2.45, 2.75) is 91.9 Å². The van der Waals surface area contributed by atoms with Gasteiger partial charge in [-0.3, -0.25) is 4.79 Å². The molecule has 0 saturated carbocycles. The van der Waals surface area contributed by atoms with Crippen LogP contribution in [0.4, 0.5) is 0 Å². The highest BCUT2D eigenvalue weighted by Gasteiger charge is 2.52. The highest BCUT2D eigenvalue weighted by atomic mass is 16.7. The summed E-state index contributed by atoms with van der Waals surface area (Å²) in [6.07, 6.45) is -24.2. The fourth-order valence-electron chi connectivity index (χ4n) is 7.69. The van der Waals surface area contributed by atoms with Crippen LogP contribution in [-0.4, -0.2) is 185 Å². The van der Waals surface area contributed by atoms with Crippen molar-refractivity contribution in [1.29, 1.82) is 0 Å². The number of phenols is 3. The Bertz CT molecular complexity index is 2420. The number of esters is 1. The maximum absolute atomic E-state index is 13.7. The first kappa shape index (κ1) is 48.5. The molecule has 358 valence electrons. The summed E-state index contributed by atoms with van der Waals surface area (Å²) in [7, 11) is 1.34. The van der Waals surface area contributed by atoms with Crippen LogP contribution in [0.15, 0.2) is 69.9 Å². The normalized spacial score (nSPS) is 32.6. The third-order valence-electron chi connectivity index (χ3n) is 11.4. The van der Waals surface area contributed by atoms with Crippen molar-refractivity contribution in [3.63, 3.8) is 0 Å². The predicted molar refractivity (Wildman–Crippen MR) is 219 cm³/mol. The Hall–Kier alpha value is -5.48. The van der Waals surface area contributed by atoms with Crippen LogP contribution in [0.1, 0.15) is 17.2 Å². The molecule has 23 heteroatoms. The Morgan fingerprint density at radius 2 is 1.32 bits per heavy atom. The van der Waals surface area contributed by atoms with E-state index in [0.29, 0.717) is 5.56 Å². The molecule has 4 heterocycles. The zero-order valence-electron chi connectivity index (χ0n) is 34.5. The monoisotopic (exact) mass is 932 g/mol. The lowest BCUT2D eigenvalue weighted by atomic mass is 9.89. The Kier molecular flexibility index (Phi) is 14.8. The summed E-state index contributed by atoms with van der Waals surface area (Å²) in [5.74, 6) is -2.69. The second-order valence-corrected chi connectivity index (χ2v) is 15.6. The first-order valence-corrected chi connectivity index (χ1v) is 20.3. The minimum absolute atomic E-state index is 0.0779. The zero-order valence-corrected chi connectivity index (χ0v) is 34.5. The predicted octanol–water partition coefficient (Wildman–Crippen LogP) is -2.63. The molecule has 0 spiro atoms. The average molecular weight is 933 g/mol. The number of hydrogen-bond donors (Lipinski definition) is 13. The van der Waals surface area contributed by atoms with E-state index in [9.17, 15) is 76.0 Å². The molecule has 0 radical (unpaired) electrons. The third kappa shape index (κ3) is 9.67. The second-order valence-electron chi connectivity index (χ2n) is 15.6. The molecule has 3 aliphatic heterocycles. The van der Waals surface area contributed by atoms with Crippen LogP contribution < -0.4 is 14.9 Å². The van der Waals surface area contributed by atoms with Crippen LogP contribution in [0.2, 0.25) is 0 Å². The number of aliphatic hydroxyl groups excluding tert-OH is 10. The van der Waals surface area contributed by atoms with Gasteiger partial charge in [0.15, 0.2) is 23.2 Å². The molecule has 66 heavy (non-hydrogen) atoms. The first-order chi connectivity index (χ1) is 31.4. The van der Waals surface area contributed by atoms with Crippen molar-refractivity contribution in [2.75, 3.05) is 26.9 Å². The number of carbonyl (C=O) groups is 1. The van der Waals surface area contributed by atoms with Gasteiger partial charge < -0.3 is 104 Å². The lowest BCUT2D eigenvalue weighted by molar-refractivity contribution is -0.342. The highest BCUT2D eigenvalue weighted by molar-refractivity contribution is 5.88. The van der Waals surface area contributed by atoms with E-state index in [4.69, 9.17) is 37.6 Å². The second kappa shape index (κ2) is 20.2. The van der Waals surface area contributed by atoms with Crippen molar-refractivity contribution in [3.05, 3.63) is 82.0 Å². The number of rotatable bonds is 13. The summed E-state index contributed by atoms with van der Waals surface area (Å²) < 4.78 is 44.4. The van der Waals surface area contributed by atoms with Gasteiger partial charge in [0.05, 0.1) is 25.9 Å². The van der Waals surface area contributed by atoms with E-state index < -0.39 is 146 Å². The molecule has 7 rings (SSSR count). The summed E-state index contributed by atoms with van der Waals surface area (Å²) in [6, 6.07) is 11.8. The summed E-state index contributed by atoms with van der Waals surface area (Å²) in [5.41, 5.74) is -1.12. The molecule has 0 unspecified atom stereocenters. The molecule has 0 bridgehead atoms. The quantitative estimate of drug-likeness (QED) is 0.0482. The van der Waals surface area contributed by atoms with Crippen LogP contribution in [0.3, 0.4) is 0 Å². The molecule has 15 atom stereocenters. The molecule has 1 aromatic heterocycles. The Labute approximate surface area is 372 Å². The average Bonchev–Trinajstić information content (AvgIpc) is 3.30. The highest BCUT2D eigenvalue weighted by Crippen LogP contribution is 2.46. The van der Waals surface area contributed by atoms with E-state index in [1.807, 2.05) is 0 Å². The molecule has 3 aliphatic rings. The molecule has 3 aromatic carbocycles. The van der Waals surface area contributed by atoms with E-state index in [2.05, 4.69) is 0 Å². The fraction of sp³-hybridized carbons (Fsp3) is 0.442. The number of ether oxygens (including phenoxy) is 7. The third-order valence-corrected chi connectivity index (χ3v) is 11.4. The number of benzene rings is 3. The minimum atomic E-state index is -2.07. The molecule has 4 aromatic rings. The number of carbonyl (C=O) groups excluding carboxylic acids is 1. The van der Waals surface area contributed by atoms with Gasteiger partial charge in [0, 0.05) is 23.8 Å². The van der Waals surface area contributed by atoms with Gasteiger partial charge in [-0.25, -0.2) is 4.79 Å². The standard InChI is InChI=1S/C43H48O23/c1-59-23-10-16(2-8-19(23)46)3-9-28(49)60-15-27-33(52)36(55)39(58)43(65-27)66-41-37(56)32(51)25(13-44)63-40(41)30-21(48)12-24-29(34(30)53)20(47)11-22(62-24)17-4-6-18(7-5-17)61-42-38(57)35(54)31(50)26(14-45)64-42/h2-12,25-27,31-33,35-46,48,50-58H,13-15H2,1H3/t25-,26-,27-,31-,32-,33-,35+,36+,37+,38-,39-,40+,41-,42-,43+/m1/s1. The summed E-state index contributed by atoms with van der Waals surface area (Å²) in [4.78, 5) is 26.2. The lowest BCUT2D eigenvalue weighted by Gasteiger charge is -2.46. The van der Waals surface area contributed by atoms with Crippen LogP contribution in [0, 0.1) is 0 Å². The van der Waals surface area contributed by atoms with Crippen LogP contribution in [-0.2, 0) is 28.5 Å². The maximum atomic E-state index is 13.7.